The molecule has 6 heteroatoms. The maximum absolute atomic E-state index is 12.5. The lowest BCUT2D eigenvalue weighted by atomic mass is 10.2. The number of fused-ring (bicyclic) bond motifs is 1. The van der Waals surface area contributed by atoms with Crippen LogP contribution in [0.2, 0.25) is 0 Å². The van der Waals surface area contributed by atoms with Gasteiger partial charge < -0.3 is 10.2 Å². The molecule has 0 aliphatic rings. The van der Waals surface area contributed by atoms with Crippen LogP contribution in [-0.4, -0.2) is 22.6 Å². The Morgan fingerprint density at radius 1 is 0.900 bits per heavy atom. The second-order valence-corrected chi connectivity index (χ2v) is 6.19. The van der Waals surface area contributed by atoms with Crippen molar-refractivity contribution in [2.45, 2.75) is 4.90 Å². The summed E-state index contributed by atoms with van der Waals surface area (Å²) in [5.41, 5.74) is 0. The van der Waals surface area contributed by atoms with Crippen LogP contribution in [0.1, 0.15) is 0 Å². The Balaban J connectivity index is 2.20. The van der Waals surface area contributed by atoms with Gasteiger partial charge in [0.05, 0.1) is 0 Å². The van der Waals surface area contributed by atoms with Gasteiger partial charge in [-0.3, -0.25) is 0 Å². The van der Waals surface area contributed by atoms with Crippen molar-refractivity contribution in [2.24, 2.45) is 0 Å². The molecule has 1 aromatic heterocycles. The molecule has 1 heterocycles. The molecule has 0 spiro atoms. The van der Waals surface area contributed by atoms with E-state index in [4.69, 9.17) is 0 Å². The van der Waals surface area contributed by atoms with E-state index in [9.17, 15) is 18.6 Å². The quantitative estimate of drug-likeness (QED) is 0.758. The minimum Gasteiger partial charge on any atom is -0.508 e. The number of rotatable bonds is 2. The SMILES string of the molecule is O=S(=O)(c1ccc(O)cc1O)n1cc2ccccc2c1. The molecule has 0 amide bonds. The first kappa shape index (κ1) is 12.6. The Kier molecular flexibility index (Phi) is 2.69. The van der Waals surface area contributed by atoms with Gasteiger partial charge in [-0.15, -0.1) is 0 Å². The van der Waals surface area contributed by atoms with Gasteiger partial charge >= 0.3 is 0 Å². The van der Waals surface area contributed by atoms with Crippen molar-refractivity contribution in [3.05, 3.63) is 54.9 Å². The number of aromatic nitrogens is 1. The molecule has 3 aromatic rings. The first-order valence-corrected chi connectivity index (χ1v) is 7.27. The lowest BCUT2D eigenvalue weighted by molar-refractivity contribution is 0.439. The highest BCUT2D eigenvalue weighted by Crippen LogP contribution is 2.29. The minimum atomic E-state index is -3.89. The van der Waals surface area contributed by atoms with Crippen molar-refractivity contribution >= 4 is 20.8 Å². The van der Waals surface area contributed by atoms with Crippen LogP contribution in [-0.2, 0) is 10.0 Å². The van der Waals surface area contributed by atoms with Crippen LogP contribution < -0.4 is 0 Å². The van der Waals surface area contributed by atoms with E-state index in [2.05, 4.69) is 0 Å². The molecule has 0 fully saturated rings. The van der Waals surface area contributed by atoms with E-state index in [0.717, 1.165) is 20.8 Å². The smallest absolute Gasteiger partial charge is 0.271 e. The molecule has 102 valence electrons. The number of nitrogens with zero attached hydrogens (tertiary/aromatic N) is 1. The second kappa shape index (κ2) is 4.28. The van der Waals surface area contributed by atoms with Gasteiger partial charge in [-0.1, -0.05) is 24.3 Å². The fourth-order valence-electron chi connectivity index (χ4n) is 2.03. The fraction of sp³-hybridized carbons (Fsp3) is 0. The second-order valence-electron chi connectivity index (χ2n) is 4.37. The molecule has 3 rings (SSSR count). The highest BCUT2D eigenvalue weighted by molar-refractivity contribution is 7.90. The molecular formula is C14H11NO4S. The van der Waals surface area contributed by atoms with Gasteiger partial charge in [0.15, 0.2) is 0 Å². The van der Waals surface area contributed by atoms with Crippen LogP contribution in [0.3, 0.4) is 0 Å². The van der Waals surface area contributed by atoms with Crippen LogP contribution >= 0.6 is 0 Å². The van der Waals surface area contributed by atoms with E-state index in [0.29, 0.717) is 0 Å². The first-order chi connectivity index (χ1) is 9.48. The standard InChI is InChI=1S/C14H11NO4S/c16-12-5-6-14(13(17)7-12)20(18,19)15-8-10-3-1-2-4-11(10)9-15/h1-9,16-17H. The van der Waals surface area contributed by atoms with Crippen molar-refractivity contribution in [3.63, 3.8) is 0 Å². The van der Waals surface area contributed by atoms with Crippen LogP contribution in [0.5, 0.6) is 11.5 Å². The number of aromatic hydroxyl groups is 2. The van der Waals surface area contributed by atoms with Gasteiger partial charge in [0.25, 0.3) is 10.0 Å². The zero-order valence-electron chi connectivity index (χ0n) is 10.3. The summed E-state index contributed by atoms with van der Waals surface area (Å²) in [4.78, 5) is -0.254. The van der Waals surface area contributed by atoms with Crippen molar-refractivity contribution in [2.75, 3.05) is 0 Å². The summed E-state index contributed by atoms with van der Waals surface area (Å²) in [5, 5.41) is 20.5. The van der Waals surface area contributed by atoms with Crippen LogP contribution in [0.25, 0.3) is 10.8 Å². The Bertz CT molecular complexity index is 863. The highest BCUT2D eigenvalue weighted by Gasteiger charge is 2.21. The molecule has 0 radical (unpaired) electrons. The van der Waals surface area contributed by atoms with Gasteiger partial charge in [-0.25, -0.2) is 12.4 Å². The van der Waals surface area contributed by atoms with Gasteiger partial charge in [0.1, 0.15) is 16.4 Å². The summed E-state index contributed by atoms with van der Waals surface area (Å²) >= 11 is 0. The molecule has 0 aliphatic carbocycles. The Morgan fingerprint density at radius 2 is 1.50 bits per heavy atom. The third-order valence-corrected chi connectivity index (χ3v) is 4.69. The van der Waals surface area contributed by atoms with E-state index in [1.165, 1.54) is 24.5 Å². The molecular weight excluding hydrogens is 278 g/mol. The lowest BCUT2D eigenvalue weighted by Gasteiger charge is -2.07. The summed E-state index contributed by atoms with van der Waals surface area (Å²) in [7, 11) is -3.89. The fourth-order valence-corrected chi connectivity index (χ4v) is 3.33. The summed E-state index contributed by atoms with van der Waals surface area (Å²) in [5.74, 6) is -0.679. The maximum Gasteiger partial charge on any atom is 0.271 e. The molecule has 2 aromatic carbocycles. The molecule has 0 atom stereocenters. The predicted octanol–water partition coefficient (Wildman–Crippen LogP) is 2.29. The van der Waals surface area contributed by atoms with Gasteiger partial charge in [-0.05, 0) is 12.1 Å². The molecule has 0 bridgehead atoms. The van der Waals surface area contributed by atoms with Crippen molar-refractivity contribution in [1.29, 1.82) is 0 Å². The average molecular weight is 289 g/mol. The van der Waals surface area contributed by atoms with E-state index < -0.39 is 15.8 Å². The van der Waals surface area contributed by atoms with Crippen LogP contribution in [0.4, 0.5) is 0 Å². The zero-order valence-corrected chi connectivity index (χ0v) is 11.1. The molecule has 2 N–H and O–H groups in total. The van der Waals surface area contributed by atoms with Crippen molar-refractivity contribution in [1.82, 2.24) is 3.97 Å². The minimum absolute atomic E-state index is 0.195. The number of phenols is 2. The van der Waals surface area contributed by atoms with Crippen LogP contribution in [0, 0.1) is 0 Å². The predicted molar refractivity (Wildman–Crippen MR) is 74.3 cm³/mol. The maximum atomic E-state index is 12.5. The summed E-state index contributed by atoms with van der Waals surface area (Å²) < 4.78 is 26.0. The molecule has 0 aliphatic heterocycles. The molecule has 0 saturated heterocycles. The van der Waals surface area contributed by atoms with Crippen molar-refractivity contribution < 1.29 is 18.6 Å². The summed E-state index contributed by atoms with van der Waals surface area (Å²) in [6.45, 7) is 0. The third kappa shape index (κ3) is 1.90. The topological polar surface area (TPSA) is 79.5 Å². The monoisotopic (exact) mass is 289 g/mol. The largest absolute Gasteiger partial charge is 0.508 e. The number of benzene rings is 2. The Morgan fingerprint density at radius 3 is 2.05 bits per heavy atom. The number of hydrogen-bond acceptors (Lipinski definition) is 4. The highest BCUT2D eigenvalue weighted by atomic mass is 32.2. The van der Waals surface area contributed by atoms with Crippen LogP contribution in [0.15, 0.2) is 59.8 Å². The molecule has 5 nitrogen and oxygen atoms in total. The van der Waals surface area contributed by atoms with Gasteiger partial charge in [-0.2, -0.15) is 0 Å². The number of hydrogen-bond donors (Lipinski definition) is 2. The first-order valence-electron chi connectivity index (χ1n) is 5.83. The molecule has 0 unspecified atom stereocenters. The molecule has 20 heavy (non-hydrogen) atoms. The van der Waals surface area contributed by atoms with Gasteiger partial charge in [0.2, 0.25) is 0 Å². The Hall–Kier alpha value is -2.47. The summed E-state index contributed by atoms with van der Waals surface area (Å²) in [6.07, 6.45) is 2.97. The van der Waals surface area contributed by atoms with Gasteiger partial charge in [0, 0.05) is 29.2 Å². The molecule has 0 saturated carbocycles. The normalized spacial score (nSPS) is 11.8. The zero-order chi connectivity index (χ0) is 14.3. The van der Waals surface area contributed by atoms with Crippen molar-refractivity contribution in [3.8, 4) is 11.5 Å². The number of phenolic OH excluding ortho intramolecular Hbond substituents is 2. The average Bonchev–Trinajstić information content (AvgIpc) is 2.82. The van der Waals surface area contributed by atoms with E-state index in [1.807, 2.05) is 12.1 Å². The lowest BCUT2D eigenvalue weighted by Crippen LogP contribution is -2.10. The summed E-state index contributed by atoms with van der Waals surface area (Å²) in [6, 6.07) is 10.6. The van der Waals surface area contributed by atoms with E-state index >= 15 is 0 Å². The third-order valence-electron chi connectivity index (χ3n) is 3.03. The van der Waals surface area contributed by atoms with E-state index in [1.54, 1.807) is 12.1 Å². The van der Waals surface area contributed by atoms with E-state index in [-0.39, 0.29) is 10.6 Å². The Labute approximate surface area is 115 Å².